The quantitative estimate of drug-likeness (QED) is 0.304. The molecule has 0 bridgehead atoms. The fourth-order valence-electron chi connectivity index (χ4n) is 4.03. The first kappa shape index (κ1) is 24.8. The Labute approximate surface area is 200 Å². The molecule has 1 unspecified atom stereocenters. The van der Waals surface area contributed by atoms with Crippen molar-refractivity contribution >= 4 is 29.1 Å². The standard InChI is InChI=1S/C26H31ClN2O4/c1-4-15-33-21-12-8-10-19(17-21)24(30)22-23(18-9-7-11-20(27)16-18)29(26(32)25(22)31)14-13-28(5-2)6-3/h7-12,16-17,23,30H,4-6,13-15H2,1-3H3/b24-22+. The molecule has 1 heterocycles. The highest BCUT2D eigenvalue weighted by molar-refractivity contribution is 6.46. The molecule has 0 spiro atoms. The average Bonchev–Trinajstić information content (AvgIpc) is 3.08. The van der Waals surface area contributed by atoms with Crippen LogP contribution in [0.4, 0.5) is 0 Å². The summed E-state index contributed by atoms with van der Waals surface area (Å²) in [6, 6.07) is 13.3. The summed E-state index contributed by atoms with van der Waals surface area (Å²) < 4.78 is 5.68. The molecule has 1 amide bonds. The average molecular weight is 471 g/mol. The number of nitrogens with zero attached hydrogens (tertiary/aromatic N) is 2. The lowest BCUT2D eigenvalue weighted by atomic mass is 9.95. The van der Waals surface area contributed by atoms with Crippen LogP contribution in [-0.2, 0) is 9.59 Å². The first-order valence-corrected chi connectivity index (χ1v) is 11.8. The van der Waals surface area contributed by atoms with E-state index in [-0.39, 0.29) is 11.3 Å². The van der Waals surface area contributed by atoms with Gasteiger partial charge < -0.3 is 19.6 Å². The van der Waals surface area contributed by atoms with Gasteiger partial charge in [-0.3, -0.25) is 9.59 Å². The Bertz CT molecular complexity index is 1030. The van der Waals surface area contributed by atoms with Gasteiger partial charge in [0.05, 0.1) is 18.2 Å². The Morgan fingerprint density at radius 2 is 1.82 bits per heavy atom. The summed E-state index contributed by atoms with van der Waals surface area (Å²) in [5.41, 5.74) is 1.17. The number of Topliss-reactive ketones (excluding diaryl/α,β-unsaturated/α-hetero) is 1. The van der Waals surface area contributed by atoms with Gasteiger partial charge in [-0.1, -0.05) is 56.6 Å². The highest BCUT2D eigenvalue weighted by atomic mass is 35.5. The maximum atomic E-state index is 13.2. The van der Waals surface area contributed by atoms with E-state index >= 15 is 0 Å². The molecule has 1 aliphatic heterocycles. The molecule has 1 N–H and O–H groups in total. The third-order valence-electron chi connectivity index (χ3n) is 5.84. The summed E-state index contributed by atoms with van der Waals surface area (Å²) in [7, 11) is 0. The van der Waals surface area contributed by atoms with Gasteiger partial charge in [0, 0.05) is 23.7 Å². The van der Waals surface area contributed by atoms with Gasteiger partial charge in [0.2, 0.25) is 0 Å². The van der Waals surface area contributed by atoms with Crippen molar-refractivity contribution in [2.75, 3.05) is 32.8 Å². The number of halogens is 1. The van der Waals surface area contributed by atoms with Crippen molar-refractivity contribution in [3.05, 3.63) is 70.3 Å². The Hall–Kier alpha value is -2.83. The summed E-state index contributed by atoms with van der Waals surface area (Å²) in [5, 5.41) is 11.7. The van der Waals surface area contributed by atoms with Crippen molar-refractivity contribution in [1.82, 2.24) is 9.80 Å². The second-order valence-corrected chi connectivity index (χ2v) is 8.39. The minimum Gasteiger partial charge on any atom is -0.507 e. The van der Waals surface area contributed by atoms with E-state index in [1.165, 1.54) is 4.90 Å². The van der Waals surface area contributed by atoms with Gasteiger partial charge in [0.15, 0.2) is 0 Å². The molecule has 176 valence electrons. The van der Waals surface area contributed by atoms with E-state index in [1.54, 1.807) is 42.5 Å². The predicted molar refractivity (Wildman–Crippen MR) is 130 cm³/mol. The largest absolute Gasteiger partial charge is 0.507 e. The number of aliphatic hydroxyl groups excluding tert-OH is 1. The Morgan fingerprint density at radius 1 is 1.09 bits per heavy atom. The second-order valence-electron chi connectivity index (χ2n) is 7.95. The molecule has 1 aliphatic rings. The number of hydrogen-bond acceptors (Lipinski definition) is 5. The summed E-state index contributed by atoms with van der Waals surface area (Å²) in [5.74, 6) is -0.939. The van der Waals surface area contributed by atoms with Gasteiger partial charge in [-0.25, -0.2) is 0 Å². The SMILES string of the molecule is CCCOc1cccc(/C(O)=C2\C(=O)C(=O)N(CCN(CC)CC)C2c2cccc(Cl)c2)c1. The Balaban J connectivity index is 2.07. The number of carbonyl (C=O) groups excluding carboxylic acids is 2. The van der Waals surface area contributed by atoms with E-state index in [2.05, 4.69) is 18.7 Å². The molecule has 3 rings (SSSR count). The molecule has 1 fully saturated rings. The van der Waals surface area contributed by atoms with E-state index in [1.807, 2.05) is 13.0 Å². The number of benzene rings is 2. The van der Waals surface area contributed by atoms with Crippen LogP contribution in [0.25, 0.3) is 5.76 Å². The van der Waals surface area contributed by atoms with E-state index in [9.17, 15) is 14.7 Å². The molecule has 0 aliphatic carbocycles. The molecule has 1 saturated heterocycles. The molecule has 2 aromatic rings. The molecular formula is C26H31ClN2O4. The van der Waals surface area contributed by atoms with Gasteiger partial charge in [-0.2, -0.15) is 0 Å². The third kappa shape index (κ3) is 5.57. The van der Waals surface area contributed by atoms with Gasteiger partial charge in [0.1, 0.15) is 11.5 Å². The zero-order chi connectivity index (χ0) is 24.0. The maximum Gasteiger partial charge on any atom is 0.295 e. The van der Waals surface area contributed by atoms with Crippen LogP contribution >= 0.6 is 11.6 Å². The lowest BCUT2D eigenvalue weighted by molar-refractivity contribution is -0.140. The fraction of sp³-hybridized carbons (Fsp3) is 0.385. The Morgan fingerprint density at radius 3 is 2.48 bits per heavy atom. The Kier molecular flexibility index (Phi) is 8.53. The van der Waals surface area contributed by atoms with Crippen molar-refractivity contribution in [2.24, 2.45) is 0 Å². The number of likely N-dealkylation sites (N-methyl/N-ethyl adjacent to an activating group) is 1. The number of ketones is 1. The minimum atomic E-state index is -0.723. The van der Waals surface area contributed by atoms with Crippen LogP contribution in [0.2, 0.25) is 5.02 Å². The van der Waals surface area contributed by atoms with Gasteiger partial charge in [0.25, 0.3) is 11.7 Å². The summed E-state index contributed by atoms with van der Waals surface area (Å²) >= 11 is 6.24. The molecule has 7 heteroatoms. The number of hydrogen-bond donors (Lipinski definition) is 1. The predicted octanol–water partition coefficient (Wildman–Crippen LogP) is 4.89. The maximum absolute atomic E-state index is 13.2. The van der Waals surface area contributed by atoms with Crippen LogP contribution in [-0.4, -0.2) is 59.4 Å². The smallest absolute Gasteiger partial charge is 0.295 e. The highest BCUT2D eigenvalue weighted by Gasteiger charge is 2.46. The summed E-state index contributed by atoms with van der Waals surface area (Å²) in [4.78, 5) is 29.9. The first-order chi connectivity index (χ1) is 15.9. The van der Waals surface area contributed by atoms with Crippen LogP contribution < -0.4 is 4.74 Å². The van der Waals surface area contributed by atoms with E-state index < -0.39 is 17.7 Å². The number of carbonyl (C=O) groups is 2. The fourth-order valence-corrected chi connectivity index (χ4v) is 4.23. The number of aliphatic hydroxyl groups is 1. The van der Waals surface area contributed by atoms with Crippen molar-refractivity contribution in [3.63, 3.8) is 0 Å². The van der Waals surface area contributed by atoms with Crippen LogP contribution in [0.3, 0.4) is 0 Å². The summed E-state index contributed by atoms with van der Waals surface area (Å²) in [6.45, 7) is 9.33. The van der Waals surface area contributed by atoms with Crippen molar-refractivity contribution < 1.29 is 19.4 Å². The molecule has 1 atom stereocenters. The normalized spacial score (nSPS) is 17.7. The minimum absolute atomic E-state index is 0.0643. The van der Waals surface area contributed by atoms with Gasteiger partial charge in [-0.15, -0.1) is 0 Å². The lowest BCUT2D eigenvalue weighted by Gasteiger charge is -2.28. The first-order valence-electron chi connectivity index (χ1n) is 11.4. The van der Waals surface area contributed by atoms with E-state index in [0.717, 1.165) is 19.5 Å². The monoisotopic (exact) mass is 470 g/mol. The number of likely N-dealkylation sites (tertiary alicyclic amines) is 1. The van der Waals surface area contributed by atoms with Gasteiger partial charge >= 0.3 is 0 Å². The van der Waals surface area contributed by atoms with Crippen LogP contribution in [0, 0.1) is 0 Å². The van der Waals surface area contributed by atoms with Gasteiger partial charge in [-0.05, 0) is 49.3 Å². The molecule has 0 saturated carbocycles. The molecule has 33 heavy (non-hydrogen) atoms. The number of rotatable bonds is 10. The number of amides is 1. The zero-order valence-corrected chi connectivity index (χ0v) is 20.1. The van der Waals surface area contributed by atoms with Crippen LogP contribution in [0.1, 0.15) is 44.4 Å². The molecule has 2 aromatic carbocycles. The highest BCUT2D eigenvalue weighted by Crippen LogP contribution is 2.40. The van der Waals surface area contributed by atoms with Crippen LogP contribution in [0.15, 0.2) is 54.1 Å². The third-order valence-corrected chi connectivity index (χ3v) is 6.07. The molecule has 0 aromatic heterocycles. The molecule has 0 radical (unpaired) electrons. The van der Waals surface area contributed by atoms with Crippen molar-refractivity contribution in [3.8, 4) is 5.75 Å². The molecular weight excluding hydrogens is 440 g/mol. The summed E-state index contributed by atoms with van der Waals surface area (Å²) in [6.07, 6.45) is 0.850. The van der Waals surface area contributed by atoms with Crippen molar-refractivity contribution in [1.29, 1.82) is 0 Å². The number of ether oxygens (including phenoxy) is 1. The topological polar surface area (TPSA) is 70.1 Å². The second kappa shape index (κ2) is 11.3. The van der Waals surface area contributed by atoms with E-state index in [4.69, 9.17) is 16.3 Å². The van der Waals surface area contributed by atoms with Crippen LogP contribution in [0.5, 0.6) is 5.75 Å². The molecule has 6 nitrogen and oxygen atoms in total. The van der Waals surface area contributed by atoms with Crippen molar-refractivity contribution in [2.45, 2.75) is 33.2 Å². The zero-order valence-electron chi connectivity index (χ0n) is 19.4. The lowest BCUT2D eigenvalue weighted by Crippen LogP contribution is -2.38. The van der Waals surface area contributed by atoms with E-state index in [0.29, 0.717) is 41.6 Å².